The minimum Gasteiger partial charge on any atom is -0.201 e. The first-order valence-electron chi connectivity index (χ1n) is 10.8. The molecule has 29 heavy (non-hydrogen) atoms. The Balaban J connectivity index is 1.25. The minimum absolute atomic E-state index is 0.628. The third kappa shape index (κ3) is 3.12. The van der Waals surface area contributed by atoms with Gasteiger partial charge in [-0.2, -0.15) is 0 Å². The Morgan fingerprint density at radius 1 is 0.552 bits per heavy atom. The summed E-state index contributed by atoms with van der Waals surface area (Å²) in [6, 6.07) is 23.2. The zero-order valence-electron chi connectivity index (χ0n) is 16.5. The molecule has 0 saturated carbocycles. The second-order valence-electron chi connectivity index (χ2n) is 8.54. The van der Waals surface area contributed by atoms with Crippen molar-refractivity contribution < 1.29 is 9.13 Å². The summed E-state index contributed by atoms with van der Waals surface area (Å²) in [7, 11) is 0. The maximum atomic E-state index is 2.50. The Hall–Kier alpha value is -2.39. The predicted octanol–water partition coefficient (Wildman–Crippen LogP) is 5.41. The fourth-order valence-electron chi connectivity index (χ4n) is 5.36. The molecule has 0 spiro atoms. The van der Waals surface area contributed by atoms with Gasteiger partial charge in [0.15, 0.2) is 36.9 Å². The van der Waals surface area contributed by atoms with E-state index in [0.717, 1.165) is 10.5 Å². The number of hydrogen-bond donors (Lipinski definition) is 0. The van der Waals surface area contributed by atoms with Gasteiger partial charge in [-0.15, -0.1) is 11.8 Å². The second kappa shape index (κ2) is 7.14. The summed E-state index contributed by atoms with van der Waals surface area (Å²) in [5.41, 5.74) is 0. The number of pyridine rings is 2. The van der Waals surface area contributed by atoms with Crippen molar-refractivity contribution in [3.8, 4) is 0 Å². The van der Waals surface area contributed by atoms with Crippen LogP contribution in [0.2, 0.25) is 0 Å². The van der Waals surface area contributed by atoms with Crippen molar-refractivity contribution in [1.29, 1.82) is 0 Å². The monoisotopic (exact) mass is 398 g/mol. The molecule has 0 N–H and O–H groups in total. The molecule has 4 aromatic rings. The summed E-state index contributed by atoms with van der Waals surface area (Å²) in [4.78, 5) is 0. The number of thioether (sulfide) groups is 1. The first-order valence-corrected chi connectivity index (χ1v) is 11.7. The fourth-order valence-corrected chi connectivity index (χ4v) is 7.27. The summed E-state index contributed by atoms with van der Waals surface area (Å²) < 4.78 is 5.00. The third-order valence-electron chi connectivity index (χ3n) is 6.89. The highest BCUT2D eigenvalue weighted by Crippen LogP contribution is 2.47. The van der Waals surface area contributed by atoms with Gasteiger partial charge in [-0.1, -0.05) is 36.4 Å². The van der Waals surface area contributed by atoms with E-state index >= 15 is 0 Å². The number of fused-ring (bicyclic) bond motifs is 4. The van der Waals surface area contributed by atoms with Crippen molar-refractivity contribution in [1.82, 2.24) is 0 Å². The Bertz CT molecular complexity index is 1090. The Morgan fingerprint density at radius 3 is 1.48 bits per heavy atom. The van der Waals surface area contributed by atoms with Crippen molar-refractivity contribution in [2.75, 3.05) is 0 Å². The van der Waals surface area contributed by atoms with Crippen molar-refractivity contribution in [2.45, 2.75) is 48.3 Å². The van der Waals surface area contributed by atoms with Crippen molar-refractivity contribution in [3.63, 3.8) is 0 Å². The van der Waals surface area contributed by atoms with E-state index in [0.29, 0.717) is 12.1 Å². The fraction of sp³-hybridized carbons (Fsp3) is 0.308. The van der Waals surface area contributed by atoms with Crippen LogP contribution in [-0.2, 0) is 0 Å². The molecule has 2 aliphatic heterocycles. The molecule has 4 atom stereocenters. The molecule has 2 saturated heterocycles. The van der Waals surface area contributed by atoms with Gasteiger partial charge in [0.25, 0.3) is 0 Å². The van der Waals surface area contributed by atoms with Crippen LogP contribution in [0.15, 0.2) is 85.5 Å². The van der Waals surface area contributed by atoms with Gasteiger partial charge in [-0.05, 0) is 35.7 Å². The van der Waals surface area contributed by atoms with E-state index in [-0.39, 0.29) is 0 Å². The number of benzene rings is 2. The average molecular weight is 399 g/mol. The minimum atomic E-state index is 0.628. The smallest absolute Gasteiger partial charge is 0.176 e. The van der Waals surface area contributed by atoms with E-state index in [2.05, 4.69) is 106 Å². The predicted molar refractivity (Wildman–Crippen MR) is 120 cm³/mol. The van der Waals surface area contributed by atoms with Crippen LogP contribution in [0.3, 0.4) is 0 Å². The molecule has 2 fully saturated rings. The van der Waals surface area contributed by atoms with Crippen LogP contribution in [0.25, 0.3) is 21.5 Å². The van der Waals surface area contributed by atoms with E-state index in [1.165, 1.54) is 47.2 Å². The first kappa shape index (κ1) is 17.5. The van der Waals surface area contributed by atoms with Gasteiger partial charge < -0.3 is 0 Å². The lowest BCUT2D eigenvalue weighted by atomic mass is 9.90. The number of hydrogen-bond acceptors (Lipinski definition) is 1. The highest BCUT2D eigenvalue weighted by atomic mass is 32.2. The van der Waals surface area contributed by atoms with Gasteiger partial charge >= 0.3 is 0 Å². The van der Waals surface area contributed by atoms with Gasteiger partial charge in [-0.25, -0.2) is 9.13 Å². The van der Waals surface area contributed by atoms with Crippen LogP contribution in [0.5, 0.6) is 0 Å². The molecule has 0 amide bonds. The lowest BCUT2D eigenvalue weighted by Gasteiger charge is -2.38. The SMILES string of the molecule is c1ccc2c[n+]([C@@H]3CC[C@H]4S[C@@H]3CC[C@H]4[n+]3ccc4ccccc4c3)ccc2c1. The van der Waals surface area contributed by atoms with E-state index < -0.39 is 0 Å². The molecule has 2 aromatic heterocycles. The zero-order valence-corrected chi connectivity index (χ0v) is 17.3. The highest BCUT2D eigenvalue weighted by Gasteiger charge is 2.46. The van der Waals surface area contributed by atoms with Crippen LogP contribution in [-0.4, -0.2) is 10.5 Å². The Kier molecular flexibility index (Phi) is 4.30. The van der Waals surface area contributed by atoms with Crippen LogP contribution >= 0.6 is 11.8 Å². The molecule has 2 aromatic carbocycles. The molecule has 2 bridgehead atoms. The van der Waals surface area contributed by atoms with Crippen molar-refractivity contribution in [2.24, 2.45) is 0 Å². The van der Waals surface area contributed by atoms with Crippen molar-refractivity contribution in [3.05, 3.63) is 85.5 Å². The summed E-state index contributed by atoms with van der Waals surface area (Å²) in [6.45, 7) is 0. The van der Waals surface area contributed by atoms with Crippen LogP contribution < -0.4 is 9.13 Å². The topological polar surface area (TPSA) is 7.76 Å². The van der Waals surface area contributed by atoms with Gasteiger partial charge in [0.1, 0.15) is 0 Å². The lowest BCUT2D eigenvalue weighted by molar-refractivity contribution is -0.731. The number of rotatable bonds is 2. The molecule has 0 aliphatic carbocycles. The number of nitrogens with zero attached hydrogens (tertiary/aromatic N) is 2. The quantitative estimate of drug-likeness (QED) is 0.410. The third-order valence-corrected chi connectivity index (χ3v) is 8.69. The number of aromatic nitrogens is 2. The average Bonchev–Trinajstić information content (AvgIpc) is 2.79. The van der Waals surface area contributed by atoms with Gasteiger partial charge in [0, 0.05) is 35.7 Å². The second-order valence-corrected chi connectivity index (χ2v) is 10.0. The van der Waals surface area contributed by atoms with E-state index in [1.54, 1.807) is 0 Å². The summed E-state index contributed by atoms with van der Waals surface area (Å²) in [6.07, 6.45) is 14.5. The van der Waals surface area contributed by atoms with E-state index in [1.807, 2.05) is 0 Å². The normalized spacial score (nSPS) is 26.6. The summed E-state index contributed by atoms with van der Waals surface area (Å²) in [5, 5.41) is 6.84. The zero-order chi connectivity index (χ0) is 19.2. The molecule has 144 valence electrons. The highest BCUT2D eigenvalue weighted by molar-refractivity contribution is 8.00. The standard InChI is InChI=1S/C26H26N2S/c1-3-7-21-17-27(15-13-19(21)5-1)23-9-11-26-24(10-12-25(23)29-26)28-16-14-20-6-2-4-8-22(20)18-28/h1-8,13-18,23-26H,9-12H2/q+2/t23-,24-,25-,26-/m1/s1. The molecule has 0 radical (unpaired) electrons. The lowest BCUT2D eigenvalue weighted by Crippen LogP contribution is -2.54. The largest absolute Gasteiger partial charge is 0.201 e. The summed E-state index contributed by atoms with van der Waals surface area (Å²) in [5.74, 6) is 0. The molecular weight excluding hydrogens is 372 g/mol. The Labute approximate surface area is 176 Å². The summed E-state index contributed by atoms with van der Waals surface area (Å²) >= 11 is 2.25. The molecule has 4 heterocycles. The first-order chi connectivity index (χ1) is 14.3. The molecular formula is C26H26N2S+2. The van der Waals surface area contributed by atoms with Crippen LogP contribution in [0.1, 0.15) is 37.8 Å². The van der Waals surface area contributed by atoms with Crippen LogP contribution in [0.4, 0.5) is 0 Å². The van der Waals surface area contributed by atoms with Gasteiger partial charge in [0.2, 0.25) is 0 Å². The molecule has 6 rings (SSSR count). The van der Waals surface area contributed by atoms with E-state index in [9.17, 15) is 0 Å². The Morgan fingerprint density at radius 2 is 1.00 bits per heavy atom. The van der Waals surface area contributed by atoms with E-state index in [4.69, 9.17) is 0 Å². The van der Waals surface area contributed by atoms with Gasteiger partial charge in [-0.3, -0.25) is 0 Å². The van der Waals surface area contributed by atoms with Crippen molar-refractivity contribution >= 4 is 33.3 Å². The maximum Gasteiger partial charge on any atom is 0.176 e. The van der Waals surface area contributed by atoms with Gasteiger partial charge in [0.05, 0.1) is 10.5 Å². The molecule has 2 nitrogen and oxygen atoms in total. The maximum absolute atomic E-state index is 2.50. The molecule has 0 unspecified atom stereocenters. The van der Waals surface area contributed by atoms with Crippen LogP contribution in [0, 0.1) is 0 Å². The molecule has 2 aliphatic rings. The molecule has 3 heteroatoms.